The monoisotopic (exact) mass is 371 g/mol. The second-order valence-corrected chi connectivity index (χ2v) is 6.77. The number of esters is 1. The van der Waals surface area contributed by atoms with E-state index in [1.165, 1.54) is 18.2 Å². The van der Waals surface area contributed by atoms with Gasteiger partial charge in [0.1, 0.15) is 5.54 Å². The summed E-state index contributed by atoms with van der Waals surface area (Å²) in [6, 6.07) is 7.94. The van der Waals surface area contributed by atoms with Crippen molar-refractivity contribution in [3.05, 3.63) is 29.8 Å². The molecule has 0 spiro atoms. The van der Waals surface area contributed by atoms with E-state index in [2.05, 4.69) is 5.32 Å². The number of ether oxygens (including phenoxy) is 1. The molecule has 0 unspecified atom stereocenters. The van der Waals surface area contributed by atoms with Crippen molar-refractivity contribution >= 4 is 29.4 Å². The molecular formula is C19H21N3O5. The number of hydrogen-bond acceptors (Lipinski definition) is 6. The minimum atomic E-state index is -1.07. The molecule has 1 heterocycles. The van der Waals surface area contributed by atoms with Crippen molar-refractivity contribution in [2.24, 2.45) is 5.92 Å². The van der Waals surface area contributed by atoms with E-state index in [0.29, 0.717) is 5.69 Å². The first kappa shape index (κ1) is 20.1. The summed E-state index contributed by atoms with van der Waals surface area (Å²) in [4.78, 5) is 48.8. The number of benzene rings is 1. The predicted molar refractivity (Wildman–Crippen MR) is 95.5 cm³/mol. The molecule has 1 saturated heterocycles. The van der Waals surface area contributed by atoms with Crippen LogP contribution in [0.3, 0.4) is 0 Å². The van der Waals surface area contributed by atoms with Crippen LogP contribution in [-0.2, 0) is 19.1 Å². The number of carbonyl (C=O) groups is 4. The van der Waals surface area contributed by atoms with Crippen LogP contribution in [0.4, 0.5) is 5.69 Å². The fourth-order valence-electron chi connectivity index (χ4n) is 2.48. The van der Waals surface area contributed by atoms with Crippen LogP contribution in [-0.4, -0.2) is 35.8 Å². The largest absolute Gasteiger partial charge is 0.452 e. The third-order valence-corrected chi connectivity index (χ3v) is 4.51. The first-order valence-electron chi connectivity index (χ1n) is 8.53. The number of imide groups is 1. The summed E-state index contributed by atoms with van der Waals surface area (Å²) in [7, 11) is 0. The Balaban J connectivity index is 2.02. The smallest absolute Gasteiger partial charge is 0.338 e. The lowest BCUT2D eigenvalue weighted by molar-refractivity contribution is -0.126. The lowest BCUT2D eigenvalue weighted by Crippen LogP contribution is -2.50. The highest BCUT2D eigenvalue weighted by Crippen LogP contribution is 2.23. The summed E-state index contributed by atoms with van der Waals surface area (Å²) >= 11 is 0. The van der Waals surface area contributed by atoms with Crippen molar-refractivity contribution < 1.29 is 23.9 Å². The summed E-state index contributed by atoms with van der Waals surface area (Å²) in [5.74, 6) is -2.14. The Morgan fingerprint density at radius 2 is 1.93 bits per heavy atom. The lowest BCUT2D eigenvalue weighted by Gasteiger charge is -2.27. The Labute approximate surface area is 157 Å². The molecule has 1 aliphatic rings. The van der Waals surface area contributed by atoms with Gasteiger partial charge in [0, 0.05) is 12.8 Å². The fraction of sp³-hybridized carbons (Fsp3) is 0.421. The summed E-state index contributed by atoms with van der Waals surface area (Å²) in [5, 5.41) is 11.7. The summed E-state index contributed by atoms with van der Waals surface area (Å²) in [5.41, 5.74) is -0.669. The predicted octanol–water partition coefficient (Wildman–Crippen LogP) is 1.55. The van der Waals surface area contributed by atoms with Crippen molar-refractivity contribution in [2.45, 2.75) is 39.2 Å². The number of nitriles is 1. The SMILES string of the molecule is CC(C)[C@](C)(C#N)NC(=O)COC(=O)c1cccc(N2C(=O)CCC2=O)c1. The number of rotatable bonds is 6. The molecule has 0 radical (unpaired) electrons. The minimum absolute atomic E-state index is 0.111. The van der Waals surface area contributed by atoms with Crippen LogP contribution in [0.15, 0.2) is 24.3 Å². The molecule has 0 aliphatic carbocycles. The molecule has 1 N–H and O–H groups in total. The maximum absolute atomic E-state index is 12.2. The van der Waals surface area contributed by atoms with E-state index in [-0.39, 0.29) is 36.1 Å². The minimum Gasteiger partial charge on any atom is -0.452 e. The van der Waals surface area contributed by atoms with Crippen LogP contribution in [0.5, 0.6) is 0 Å². The quantitative estimate of drug-likeness (QED) is 0.599. The van der Waals surface area contributed by atoms with Crippen LogP contribution in [0, 0.1) is 17.2 Å². The third kappa shape index (κ3) is 4.50. The van der Waals surface area contributed by atoms with E-state index in [9.17, 15) is 24.4 Å². The molecular weight excluding hydrogens is 350 g/mol. The van der Waals surface area contributed by atoms with Gasteiger partial charge >= 0.3 is 5.97 Å². The Kier molecular flexibility index (Phi) is 5.95. The molecule has 1 aromatic rings. The Bertz CT molecular complexity index is 811. The van der Waals surface area contributed by atoms with Crippen LogP contribution >= 0.6 is 0 Å². The van der Waals surface area contributed by atoms with Crippen LogP contribution in [0.2, 0.25) is 0 Å². The molecule has 8 heteroatoms. The number of anilines is 1. The zero-order valence-corrected chi connectivity index (χ0v) is 15.4. The zero-order chi connectivity index (χ0) is 20.2. The second kappa shape index (κ2) is 7.99. The number of amides is 3. The maximum atomic E-state index is 12.2. The number of nitrogens with one attached hydrogen (secondary N) is 1. The van der Waals surface area contributed by atoms with E-state index >= 15 is 0 Å². The maximum Gasteiger partial charge on any atom is 0.338 e. The van der Waals surface area contributed by atoms with Gasteiger partial charge in [-0.15, -0.1) is 0 Å². The number of carbonyl (C=O) groups excluding carboxylic acids is 4. The molecule has 0 saturated carbocycles. The van der Waals surface area contributed by atoms with Gasteiger partial charge in [0.25, 0.3) is 5.91 Å². The van der Waals surface area contributed by atoms with Gasteiger partial charge in [-0.2, -0.15) is 5.26 Å². The van der Waals surface area contributed by atoms with Crippen LogP contribution < -0.4 is 10.2 Å². The highest BCUT2D eigenvalue weighted by Gasteiger charge is 2.31. The average Bonchev–Trinajstić information content (AvgIpc) is 2.97. The van der Waals surface area contributed by atoms with Gasteiger partial charge < -0.3 is 10.1 Å². The van der Waals surface area contributed by atoms with Gasteiger partial charge in [-0.05, 0) is 31.0 Å². The summed E-state index contributed by atoms with van der Waals surface area (Å²) < 4.78 is 4.98. The van der Waals surface area contributed by atoms with Gasteiger partial charge in [-0.25, -0.2) is 4.79 Å². The van der Waals surface area contributed by atoms with Gasteiger partial charge in [0.15, 0.2) is 6.61 Å². The number of nitrogens with zero attached hydrogens (tertiary/aromatic N) is 2. The Morgan fingerprint density at radius 3 is 2.48 bits per heavy atom. The molecule has 1 fully saturated rings. The first-order valence-corrected chi connectivity index (χ1v) is 8.53. The zero-order valence-electron chi connectivity index (χ0n) is 15.4. The van der Waals surface area contributed by atoms with Crippen LogP contribution in [0.1, 0.15) is 44.0 Å². The standard InChI is InChI=1S/C19H21N3O5/c1-12(2)19(3,11-20)21-15(23)10-27-18(26)13-5-4-6-14(9-13)22-16(24)7-8-17(22)25/h4-6,9,12H,7-8,10H2,1-3H3,(H,21,23)/t19-/m0/s1. The molecule has 27 heavy (non-hydrogen) atoms. The molecule has 3 amide bonds. The topological polar surface area (TPSA) is 117 Å². The van der Waals surface area contributed by atoms with Crippen molar-refractivity contribution in [3.63, 3.8) is 0 Å². The van der Waals surface area contributed by atoms with E-state index in [1.807, 2.05) is 6.07 Å². The van der Waals surface area contributed by atoms with Crippen molar-refractivity contribution in [1.29, 1.82) is 5.26 Å². The molecule has 142 valence electrons. The van der Waals surface area contributed by atoms with Crippen molar-refractivity contribution in [2.75, 3.05) is 11.5 Å². The Hall–Kier alpha value is -3.21. The highest BCUT2D eigenvalue weighted by atomic mass is 16.5. The van der Waals surface area contributed by atoms with Gasteiger partial charge in [0.2, 0.25) is 11.8 Å². The summed E-state index contributed by atoms with van der Waals surface area (Å²) in [6.45, 7) is 4.63. The molecule has 1 aromatic carbocycles. The van der Waals surface area contributed by atoms with Gasteiger partial charge in [-0.1, -0.05) is 19.9 Å². The fourth-order valence-corrected chi connectivity index (χ4v) is 2.48. The lowest BCUT2D eigenvalue weighted by atomic mass is 9.90. The third-order valence-electron chi connectivity index (χ3n) is 4.51. The highest BCUT2D eigenvalue weighted by molar-refractivity contribution is 6.20. The molecule has 1 atom stereocenters. The number of hydrogen-bond donors (Lipinski definition) is 1. The average molecular weight is 371 g/mol. The van der Waals surface area contributed by atoms with Crippen molar-refractivity contribution in [3.8, 4) is 6.07 Å². The summed E-state index contributed by atoms with van der Waals surface area (Å²) in [6.07, 6.45) is 0.280. The first-order chi connectivity index (χ1) is 12.7. The second-order valence-electron chi connectivity index (χ2n) is 6.77. The Morgan fingerprint density at radius 1 is 1.30 bits per heavy atom. The molecule has 2 rings (SSSR count). The van der Waals surface area contributed by atoms with Gasteiger partial charge in [-0.3, -0.25) is 19.3 Å². The molecule has 1 aliphatic heterocycles. The van der Waals surface area contributed by atoms with E-state index in [4.69, 9.17) is 4.74 Å². The molecule has 8 nitrogen and oxygen atoms in total. The van der Waals surface area contributed by atoms with E-state index in [1.54, 1.807) is 26.8 Å². The van der Waals surface area contributed by atoms with E-state index < -0.39 is 24.0 Å². The normalized spacial score (nSPS) is 16.0. The molecule has 0 bridgehead atoms. The van der Waals surface area contributed by atoms with Crippen molar-refractivity contribution in [1.82, 2.24) is 5.32 Å². The molecule has 0 aromatic heterocycles. The van der Waals surface area contributed by atoms with Gasteiger partial charge in [0.05, 0.1) is 17.3 Å². The van der Waals surface area contributed by atoms with E-state index in [0.717, 1.165) is 4.90 Å². The van der Waals surface area contributed by atoms with Crippen LogP contribution in [0.25, 0.3) is 0 Å².